The van der Waals surface area contributed by atoms with Crippen molar-refractivity contribution in [3.05, 3.63) is 0 Å². The van der Waals surface area contributed by atoms with Gasteiger partial charge in [-0.25, -0.2) is 0 Å². The molecule has 0 aromatic heterocycles. The third-order valence-corrected chi connectivity index (χ3v) is 3.49. The SMILES string of the molecule is CCC(C)(CNC(C)C)CN(CCO)C(C)C. The predicted molar refractivity (Wildman–Crippen MR) is 75.3 cm³/mol. The van der Waals surface area contributed by atoms with Gasteiger partial charge in [0.15, 0.2) is 0 Å². The van der Waals surface area contributed by atoms with Gasteiger partial charge >= 0.3 is 0 Å². The van der Waals surface area contributed by atoms with E-state index >= 15 is 0 Å². The largest absolute Gasteiger partial charge is 0.395 e. The number of hydrogen-bond donors (Lipinski definition) is 2. The summed E-state index contributed by atoms with van der Waals surface area (Å²) in [6.07, 6.45) is 1.15. The quantitative estimate of drug-likeness (QED) is 0.652. The van der Waals surface area contributed by atoms with Crippen LogP contribution in [0.1, 0.15) is 48.0 Å². The van der Waals surface area contributed by atoms with Crippen molar-refractivity contribution in [3.8, 4) is 0 Å². The van der Waals surface area contributed by atoms with Gasteiger partial charge in [0.1, 0.15) is 0 Å². The summed E-state index contributed by atoms with van der Waals surface area (Å²) in [5.74, 6) is 0. The molecule has 2 N–H and O–H groups in total. The normalized spacial score (nSPS) is 15.9. The molecule has 0 spiro atoms. The third kappa shape index (κ3) is 7.02. The Morgan fingerprint density at radius 2 is 1.82 bits per heavy atom. The molecule has 0 aromatic rings. The van der Waals surface area contributed by atoms with Gasteiger partial charge in [-0.1, -0.05) is 27.7 Å². The highest BCUT2D eigenvalue weighted by Crippen LogP contribution is 2.22. The monoisotopic (exact) mass is 244 g/mol. The Balaban J connectivity index is 4.40. The minimum absolute atomic E-state index is 0.246. The topological polar surface area (TPSA) is 35.5 Å². The summed E-state index contributed by atoms with van der Waals surface area (Å²) < 4.78 is 0. The molecule has 104 valence electrons. The van der Waals surface area contributed by atoms with Crippen molar-refractivity contribution in [2.45, 2.75) is 60.0 Å². The van der Waals surface area contributed by atoms with Crippen molar-refractivity contribution in [1.29, 1.82) is 0 Å². The van der Waals surface area contributed by atoms with Crippen LogP contribution >= 0.6 is 0 Å². The molecule has 3 heteroatoms. The Morgan fingerprint density at radius 3 is 2.18 bits per heavy atom. The van der Waals surface area contributed by atoms with E-state index < -0.39 is 0 Å². The molecule has 0 aromatic carbocycles. The van der Waals surface area contributed by atoms with Gasteiger partial charge in [0.25, 0.3) is 0 Å². The van der Waals surface area contributed by atoms with Gasteiger partial charge in [-0.3, -0.25) is 4.90 Å². The van der Waals surface area contributed by atoms with Gasteiger partial charge in [-0.2, -0.15) is 0 Å². The van der Waals surface area contributed by atoms with E-state index in [1.807, 2.05) is 0 Å². The fourth-order valence-corrected chi connectivity index (χ4v) is 1.88. The molecule has 0 amide bonds. The second-order valence-corrected chi connectivity index (χ2v) is 5.99. The standard InChI is InChI=1S/C14H32N2O/c1-7-14(6,10-15-12(2)3)11-16(8-9-17)13(4)5/h12-13,15,17H,7-11H2,1-6H3. The van der Waals surface area contributed by atoms with Crippen LogP contribution in [0.2, 0.25) is 0 Å². The second kappa shape index (κ2) is 8.06. The Labute approximate surface area is 108 Å². The zero-order valence-electron chi connectivity index (χ0n) is 12.6. The van der Waals surface area contributed by atoms with E-state index in [2.05, 4.69) is 51.8 Å². The first kappa shape index (κ1) is 16.9. The summed E-state index contributed by atoms with van der Waals surface area (Å²) in [5, 5.41) is 12.7. The molecule has 0 heterocycles. The zero-order chi connectivity index (χ0) is 13.5. The molecular weight excluding hydrogens is 212 g/mol. The first-order valence-corrected chi connectivity index (χ1v) is 6.93. The minimum atomic E-state index is 0.246. The van der Waals surface area contributed by atoms with Crippen LogP contribution in [0.15, 0.2) is 0 Å². The summed E-state index contributed by atoms with van der Waals surface area (Å²) in [4.78, 5) is 2.37. The van der Waals surface area contributed by atoms with Crippen LogP contribution in [0.25, 0.3) is 0 Å². The van der Waals surface area contributed by atoms with Crippen LogP contribution in [0, 0.1) is 5.41 Å². The summed E-state index contributed by atoms with van der Waals surface area (Å²) in [5.41, 5.74) is 0.281. The average molecular weight is 244 g/mol. The Kier molecular flexibility index (Phi) is 8.01. The van der Waals surface area contributed by atoms with Gasteiger partial charge in [-0.05, 0) is 25.7 Å². The first-order valence-electron chi connectivity index (χ1n) is 6.93. The van der Waals surface area contributed by atoms with Crippen molar-refractivity contribution in [1.82, 2.24) is 10.2 Å². The van der Waals surface area contributed by atoms with Crippen molar-refractivity contribution in [2.75, 3.05) is 26.2 Å². The summed E-state index contributed by atoms with van der Waals surface area (Å²) in [7, 11) is 0. The Morgan fingerprint density at radius 1 is 1.24 bits per heavy atom. The molecule has 0 aliphatic carbocycles. The molecule has 1 atom stereocenters. The van der Waals surface area contributed by atoms with Crippen molar-refractivity contribution in [2.24, 2.45) is 5.41 Å². The lowest BCUT2D eigenvalue weighted by molar-refractivity contribution is 0.103. The molecule has 17 heavy (non-hydrogen) atoms. The molecule has 0 saturated carbocycles. The second-order valence-electron chi connectivity index (χ2n) is 5.99. The summed E-state index contributed by atoms with van der Waals surface area (Å²) in [6.45, 7) is 16.4. The average Bonchev–Trinajstić information content (AvgIpc) is 2.26. The Bertz CT molecular complexity index is 195. The smallest absolute Gasteiger partial charge is 0.0558 e. The molecule has 0 bridgehead atoms. The molecule has 0 rings (SSSR count). The number of hydrogen-bond acceptors (Lipinski definition) is 3. The highest BCUT2D eigenvalue weighted by molar-refractivity contribution is 4.81. The molecule has 0 saturated heterocycles. The van der Waals surface area contributed by atoms with Crippen LogP contribution in [-0.2, 0) is 0 Å². The molecule has 0 radical (unpaired) electrons. The fourth-order valence-electron chi connectivity index (χ4n) is 1.88. The molecular formula is C14H32N2O. The lowest BCUT2D eigenvalue weighted by atomic mass is 9.86. The van der Waals surface area contributed by atoms with Crippen molar-refractivity contribution >= 4 is 0 Å². The number of nitrogens with one attached hydrogen (secondary N) is 1. The molecule has 0 aliphatic rings. The summed E-state index contributed by atoms with van der Waals surface area (Å²) >= 11 is 0. The van der Waals surface area contributed by atoms with E-state index in [0.717, 1.165) is 26.1 Å². The summed E-state index contributed by atoms with van der Waals surface area (Å²) in [6, 6.07) is 1.03. The van der Waals surface area contributed by atoms with E-state index in [0.29, 0.717) is 12.1 Å². The maximum absolute atomic E-state index is 9.12. The van der Waals surface area contributed by atoms with E-state index in [9.17, 15) is 0 Å². The van der Waals surface area contributed by atoms with Gasteiger partial charge in [0, 0.05) is 31.7 Å². The van der Waals surface area contributed by atoms with E-state index in [1.165, 1.54) is 0 Å². The number of rotatable bonds is 9. The van der Waals surface area contributed by atoms with E-state index in [-0.39, 0.29) is 12.0 Å². The Hall–Kier alpha value is -0.120. The van der Waals surface area contributed by atoms with Crippen LogP contribution in [0.5, 0.6) is 0 Å². The molecule has 0 aliphatic heterocycles. The highest BCUT2D eigenvalue weighted by Gasteiger charge is 2.26. The number of nitrogens with zero attached hydrogens (tertiary/aromatic N) is 1. The van der Waals surface area contributed by atoms with E-state index in [1.54, 1.807) is 0 Å². The zero-order valence-corrected chi connectivity index (χ0v) is 12.6. The number of aliphatic hydroxyl groups is 1. The van der Waals surface area contributed by atoms with Crippen LogP contribution in [0.3, 0.4) is 0 Å². The fraction of sp³-hybridized carbons (Fsp3) is 1.00. The third-order valence-electron chi connectivity index (χ3n) is 3.49. The molecule has 0 fully saturated rings. The van der Waals surface area contributed by atoms with Crippen molar-refractivity contribution < 1.29 is 5.11 Å². The maximum atomic E-state index is 9.12. The van der Waals surface area contributed by atoms with E-state index in [4.69, 9.17) is 5.11 Å². The van der Waals surface area contributed by atoms with Crippen LogP contribution in [0.4, 0.5) is 0 Å². The first-order chi connectivity index (χ1) is 7.84. The van der Waals surface area contributed by atoms with Crippen LogP contribution in [-0.4, -0.2) is 48.3 Å². The maximum Gasteiger partial charge on any atom is 0.0558 e. The van der Waals surface area contributed by atoms with Crippen LogP contribution < -0.4 is 5.32 Å². The molecule has 3 nitrogen and oxygen atoms in total. The lowest BCUT2D eigenvalue weighted by Gasteiger charge is -2.37. The highest BCUT2D eigenvalue weighted by atomic mass is 16.3. The minimum Gasteiger partial charge on any atom is -0.395 e. The lowest BCUT2D eigenvalue weighted by Crippen LogP contribution is -2.46. The predicted octanol–water partition coefficient (Wildman–Crippen LogP) is 2.10. The van der Waals surface area contributed by atoms with Gasteiger partial charge < -0.3 is 10.4 Å². The molecule has 1 unspecified atom stereocenters. The van der Waals surface area contributed by atoms with Gasteiger partial charge in [-0.15, -0.1) is 0 Å². The van der Waals surface area contributed by atoms with Gasteiger partial charge in [0.2, 0.25) is 0 Å². The number of aliphatic hydroxyl groups excluding tert-OH is 1. The van der Waals surface area contributed by atoms with Crippen molar-refractivity contribution in [3.63, 3.8) is 0 Å². The van der Waals surface area contributed by atoms with Gasteiger partial charge in [0.05, 0.1) is 6.61 Å².